The summed E-state index contributed by atoms with van der Waals surface area (Å²) in [6.07, 6.45) is 4.72. The van der Waals surface area contributed by atoms with Crippen molar-refractivity contribution in [2.45, 2.75) is 71.8 Å². The van der Waals surface area contributed by atoms with E-state index in [1.807, 2.05) is 0 Å². The van der Waals surface area contributed by atoms with Gasteiger partial charge in [0.05, 0.1) is 24.7 Å². The average Bonchev–Trinajstić information content (AvgIpc) is 2.70. The van der Waals surface area contributed by atoms with Gasteiger partial charge < -0.3 is 14.6 Å². The average molecular weight is 419 g/mol. The molecule has 0 aromatic rings. The number of aliphatic hydroxyl groups excluding tert-OH is 1. The first-order chi connectivity index (χ1) is 14.1. The van der Waals surface area contributed by atoms with E-state index in [0.717, 1.165) is 32.1 Å². The molecule has 6 heteroatoms. The van der Waals surface area contributed by atoms with Crippen LogP contribution in [-0.4, -0.2) is 42.1 Å². The summed E-state index contributed by atoms with van der Waals surface area (Å²) in [6.45, 7) is 9.56. The monoisotopic (exact) mass is 418 g/mol. The Morgan fingerprint density at radius 1 is 1.07 bits per heavy atom. The second-order valence-corrected chi connectivity index (χ2v) is 10.5. The molecule has 2 bridgehead atoms. The van der Waals surface area contributed by atoms with Gasteiger partial charge in [-0.1, -0.05) is 19.9 Å². The van der Waals surface area contributed by atoms with Crippen molar-refractivity contribution >= 4 is 17.7 Å². The Bertz CT molecular complexity index is 789. The van der Waals surface area contributed by atoms with Gasteiger partial charge in [0.1, 0.15) is 0 Å². The lowest BCUT2D eigenvalue weighted by molar-refractivity contribution is -0.237. The molecule has 0 radical (unpaired) electrons. The number of hydrogen-bond acceptors (Lipinski definition) is 6. The van der Waals surface area contributed by atoms with Crippen LogP contribution in [0.25, 0.3) is 0 Å². The second-order valence-electron chi connectivity index (χ2n) is 10.5. The van der Waals surface area contributed by atoms with E-state index in [1.165, 1.54) is 13.8 Å². The highest BCUT2D eigenvalue weighted by atomic mass is 16.5. The molecule has 5 aliphatic rings. The van der Waals surface area contributed by atoms with Gasteiger partial charge in [-0.3, -0.25) is 14.4 Å². The van der Waals surface area contributed by atoms with Gasteiger partial charge in [0.15, 0.2) is 5.78 Å². The van der Waals surface area contributed by atoms with Gasteiger partial charge >= 0.3 is 11.9 Å². The maximum atomic E-state index is 13.4. The molecule has 1 spiro atoms. The third-order valence-corrected chi connectivity index (χ3v) is 9.08. The molecule has 5 fully saturated rings. The van der Waals surface area contributed by atoms with Gasteiger partial charge in [-0.25, -0.2) is 0 Å². The van der Waals surface area contributed by atoms with Crippen molar-refractivity contribution in [2.24, 2.45) is 34.0 Å². The molecule has 6 nitrogen and oxygen atoms in total. The summed E-state index contributed by atoms with van der Waals surface area (Å²) in [5.41, 5.74) is -0.880. The van der Waals surface area contributed by atoms with E-state index in [4.69, 9.17) is 9.47 Å². The van der Waals surface area contributed by atoms with Crippen LogP contribution in [0, 0.1) is 34.0 Å². The van der Waals surface area contributed by atoms with E-state index in [9.17, 15) is 19.5 Å². The molecular weight excluding hydrogens is 384 g/mol. The van der Waals surface area contributed by atoms with Crippen LogP contribution in [0.5, 0.6) is 0 Å². The smallest absolute Gasteiger partial charge is 0.302 e. The number of ketones is 1. The highest BCUT2D eigenvalue weighted by molar-refractivity contribution is 6.02. The van der Waals surface area contributed by atoms with E-state index in [1.54, 1.807) is 0 Å². The summed E-state index contributed by atoms with van der Waals surface area (Å²) in [4.78, 5) is 36.8. The molecule has 0 aromatic heterocycles. The highest BCUT2D eigenvalue weighted by Crippen LogP contribution is 2.71. The second kappa shape index (κ2) is 7.18. The molecule has 0 amide bonds. The normalized spacial score (nSPS) is 44.8. The Balaban J connectivity index is 1.80. The van der Waals surface area contributed by atoms with Crippen LogP contribution < -0.4 is 0 Å². The first kappa shape index (κ1) is 21.5. The summed E-state index contributed by atoms with van der Waals surface area (Å²) in [5.74, 6) is -0.521. The minimum absolute atomic E-state index is 0.00323. The van der Waals surface area contributed by atoms with Gasteiger partial charge in [0.25, 0.3) is 0 Å². The van der Waals surface area contributed by atoms with Crippen LogP contribution in [0.2, 0.25) is 0 Å². The van der Waals surface area contributed by atoms with Gasteiger partial charge in [-0.05, 0) is 61.9 Å². The van der Waals surface area contributed by atoms with Crippen molar-refractivity contribution in [3.63, 3.8) is 0 Å². The fraction of sp³-hybridized carbons (Fsp3) is 0.792. The van der Waals surface area contributed by atoms with Crippen LogP contribution in [0.15, 0.2) is 12.2 Å². The van der Waals surface area contributed by atoms with Crippen LogP contribution in [0.4, 0.5) is 0 Å². The van der Waals surface area contributed by atoms with Gasteiger partial charge in [-0.15, -0.1) is 0 Å². The molecule has 5 aliphatic carbocycles. The minimum Gasteiger partial charge on any atom is -0.465 e. The molecule has 166 valence electrons. The quantitative estimate of drug-likeness (QED) is 0.557. The molecule has 0 aromatic carbocycles. The van der Waals surface area contributed by atoms with E-state index < -0.39 is 16.9 Å². The highest BCUT2D eigenvalue weighted by Gasteiger charge is 2.71. The molecular formula is C24H34O6. The first-order valence-electron chi connectivity index (χ1n) is 11.3. The van der Waals surface area contributed by atoms with Crippen molar-refractivity contribution < 1.29 is 29.0 Å². The molecule has 1 N–H and O–H groups in total. The number of esters is 2. The predicted molar refractivity (Wildman–Crippen MR) is 109 cm³/mol. The summed E-state index contributed by atoms with van der Waals surface area (Å²) < 4.78 is 11.1. The number of carbonyl (C=O) groups is 3. The number of allylic oxidation sites excluding steroid dienone is 1. The van der Waals surface area contributed by atoms with Crippen molar-refractivity contribution in [1.82, 2.24) is 0 Å². The fourth-order valence-corrected chi connectivity index (χ4v) is 7.75. The third kappa shape index (κ3) is 2.89. The Hall–Kier alpha value is -1.69. The summed E-state index contributed by atoms with van der Waals surface area (Å²) >= 11 is 0. The number of ether oxygens (including phenoxy) is 2. The Kier molecular flexibility index (Phi) is 5.16. The molecule has 5 rings (SSSR count). The zero-order valence-electron chi connectivity index (χ0n) is 18.4. The van der Waals surface area contributed by atoms with E-state index >= 15 is 0 Å². The standard InChI is InChI=1S/C24H34O6/c1-14-17-6-9-24(21(14)28)19(10-17)23(13-30-16(3)26)8-5-7-22(4,12-29-15(2)25)18(23)11-20(24)27/h17-20,27H,1,5-13H2,2-4H3/t17-,18?,19?,20-,22+,23+,24?/m1/s1. The van der Waals surface area contributed by atoms with Crippen molar-refractivity contribution in [3.05, 3.63) is 12.2 Å². The van der Waals surface area contributed by atoms with Crippen LogP contribution in [0.1, 0.15) is 65.7 Å². The molecule has 30 heavy (non-hydrogen) atoms. The van der Waals surface area contributed by atoms with Crippen molar-refractivity contribution in [2.75, 3.05) is 13.2 Å². The first-order valence-corrected chi connectivity index (χ1v) is 11.3. The third-order valence-electron chi connectivity index (χ3n) is 9.08. The molecule has 0 aliphatic heterocycles. The van der Waals surface area contributed by atoms with Crippen LogP contribution in [0.3, 0.4) is 0 Å². The Morgan fingerprint density at radius 3 is 2.40 bits per heavy atom. The lowest BCUT2D eigenvalue weighted by Gasteiger charge is -2.68. The topological polar surface area (TPSA) is 89.9 Å². The number of rotatable bonds is 4. The molecule has 0 saturated heterocycles. The zero-order valence-corrected chi connectivity index (χ0v) is 18.4. The summed E-state index contributed by atoms with van der Waals surface area (Å²) in [6, 6.07) is 0. The number of carbonyl (C=O) groups excluding carboxylic acids is 3. The van der Waals surface area contributed by atoms with E-state index in [0.29, 0.717) is 18.4 Å². The van der Waals surface area contributed by atoms with Gasteiger partial charge in [-0.2, -0.15) is 0 Å². The molecule has 0 heterocycles. The summed E-state index contributed by atoms with van der Waals surface area (Å²) in [5, 5.41) is 11.4. The SMILES string of the molecule is C=C1C(=O)C23CC[C@@H]1CC2[C@]1(COC(C)=O)CCC[C@@](C)(COC(C)=O)C1C[C@H]3O. The predicted octanol–water partition coefficient (Wildman–Crippen LogP) is 3.21. The molecule has 7 atom stereocenters. The summed E-state index contributed by atoms with van der Waals surface area (Å²) in [7, 11) is 0. The van der Waals surface area contributed by atoms with Crippen molar-refractivity contribution in [3.8, 4) is 0 Å². The molecule has 5 saturated carbocycles. The van der Waals surface area contributed by atoms with Gasteiger partial charge in [0, 0.05) is 24.7 Å². The fourth-order valence-electron chi connectivity index (χ4n) is 7.75. The molecule has 3 unspecified atom stereocenters. The van der Waals surface area contributed by atoms with Gasteiger partial charge in [0.2, 0.25) is 0 Å². The van der Waals surface area contributed by atoms with Crippen LogP contribution >= 0.6 is 0 Å². The Labute approximate surface area is 178 Å². The van der Waals surface area contributed by atoms with E-state index in [-0.39, 0.29) is 54.1 Å². The maximum Gasteiger partial charge on any atom is 0.302 e. The number of hydrogen-bond donors (Lipinski definition) is 1. The zero-order chi connectivity index (χ0) is 21.9. The van der Waals surface area contributed by atoms with Crippen LogP contribution in [-0.2, 0) is 23.9 Å². The van der Waals surface area contributed by atoms with Crippen molar-refractivity contribution in [1.29, 1.82) is 0 Å². The number of aliphatic hydroxyl groups is 1. The minimum atomic E-state index is -0.817. The number of fused-ring (bicyclic) bond motifs is 3. The lowest BCUT2D eigenvalue weighted by Crippen LogP contribution is -2.70. The number of Topliss-reactive ketones (excluding diaryl/α,β-unsaturated/α-hetero) is 1. The largest absolute Gasteiger partial charge is 0.465 e. The van der Waals surface area contributed by atoms with E-state index in [2.05, 4.69) is 13.5 Å². The maximum absolute atomic E-state index is 13.4. The Morgan fingerprint density at radius 2 is 1.73 bits per heavy atom. The lowest BCUT2D eigenvalue weighted by atomic mass is 9.35.